The zero-order valence-electron chi connectivity index (χ0n) is 18.8. The molecule has 1 saturated heterocycles. The van der Waals surface area contributed by atoms with Crippen molar-refractivity contribution in [1.82, 2.24) is 9.97 Å². The van der Waals surface area contributed by atoms with Gasteiger partial charge in [-0.15, -0.1) is 0 Å². The molecule has 1 N–H and O–H groups in total. The van der Waals surface area contributed by atoms with Gasteiger partial charge in [-0.3, -0.25) is 4.79 Å². The van der Waals surface area contributed by atoms with Gasteiger partial charge in [0, 0.05) is 42.0 Å². The van der Waals surface area contributed by atoms with Gasteiger partial charge in [0.15, 0.2) is 5.78 Å². The number of nitrogens with zero attached hydrogens (tertiary/aromatic N) is 4. The first-order chi connectivity index (χ1) is 16.6. The summed E-state index contributed by atoms with van der Waals surface area (Å²) in [5.74, 6) is 1.27. The van der Waals surface area contributed by atoms with Crippen LogP contribution in [-0.2, 0) is 9.53 Å². The Hall–Kier alpha value is -3.73. The van der Waals surface area contributed by atoms with Gasteiger partial charge in [0.05, 0.1) is 24.8 Å². The van der Waals surface area contributed by atoms with Crippen molar-refractivity contribution in [2.24, 2.45) is 0 Å². The second kappa shape index (κ2) is 10.9. The quantitative estimate of drug-likeness (QED) is 0.469. The third-order valence-corrected chi connectivity index (χ3v) is 5.59. The van der Waals surface area contributed by atoms with Crippen molar-refractivity contribution >= 4 is 40.9 Å². The number of allylic oxidation sites excluding steroid dienone is 1. The van der Waals surface area contributed by atoms with E-state index in [1.807, 2.05) is 37.3 Å². The van der Waals surface area contributed by atoms with Gasteiger partial charge in [-0.05, 0) is 41.5 Å². The molecule has 34 heavy (non-hydrogen) atoms. The molecule has 8 heteroatoms. The third kappa shape index (κ3) is 5.79. The Bertz CT molecular complexity index is 1260. The lowest BCUT2D eigenvalue weighted by atomic mass is 10.0. The van der Waals surface area contributed by atoms with E-state index < -0.39 is 0 Å². The van der Waals surface area contributed by atoms with Crippen LogP contribution in [0.15, 0.2) is 54.7 Å². The van der Waals surface area contributed by atoms with Crippen LogP contribution in [0, 0.1) is 11.3 Å². The van der Waals surface area contributed by atoms with Crippen LogP contribution in [0.3, 0.4) is 0 Å². The maximum absolute atomic E-state index is 11.7. The van der Waals surface area contributed by atoms with Gasteiger partial charge in [0.2, 0.25) is 5.95 Å². The monoisotopic (exact) mass is 473 g/mol. The Kier molecular flexibility index (Phi) is 7.53. The summed E-state index contributed by atoms with van der Waals surface area (Å²) >= 11 is 6.14. The van der Waals surface area contributed by atoms with E-state index in [4.69, 9.17) is 21.3 Å². The number of aromatic nitrogens is 2. The first kappa shape index (κ1) is 23.4. The largest absolute Gasteiger partial charge is 0.378 e. The lowest BCUT2D eigenvalue weighted by Gasteiger charge is -2.29. The molecule has 1 aromatic heterocycles. The fourth-order valence-corrected chi connectivity index (χ4v) is 3.86. The minimum Gasteiger partial charge on any atom is -0.378 e. The van der Waals surface area contributed by atoms with Crippen LogP contribution >= 0.6 is 11.6 Å². The van der Waals surface area contributed by atoms with Crippen LogP contribution in [0.2, 0.25) is 5.02 Å². The standard InChI is InChI=1S/C26H24ClN5O2/c1-2-23(33)7-6-18-4-3-5-20(12-18)24-17-29-26(31-25(24)32-8-10-34-11-9-32)30-22-14-19(16-28)13-21(27)15-22/h3-7,12-15,17H,2,8-11H2,1H3,(H,29,30,31)/b7-6+. The first-order valence-corrected chi connectivity index (χ1v) is 11.4. The molecule has 172 valence electrons. The number of hydrogen-bond donors (Lipinski definition) is 1. The summed E-state index contributed by atoms with van der Waals surface area (Å²) in [4.78, 5) is 23.2. The molecule has 0 amide bonds. The van der Waals surface area contributed by atoms with E-state index >= 15 is 0 Å². The van der Waals surface area contributed by atoms with E-state index in [0.717, 1.165) is 22.5 Å². The summed E-state index contributed by atoms with van der Waals surface area (Å²) in [5, 5.41) is 12.8. The van der Waals surface area contributed by atoms with Gasteiger partial charge >= 0.3 is 0 Å². The number of benzene rings is 2. The molecule has 0 radical (unpaired) electrons. The Morgan fingerprint density at radius 2 is 2.09 bits per heavy atom. The maximum Gasteiger partial charge on any atom is 0.229 e. The Balaban J connectivity index is 1.71. The number of nitriles is 1. The van der Waals surface area contributed by atoms with E-state index in [2.05, 4.69) is 21.3 Å². The molecule has 0 unspecified atom stereocenters. The molecule has 4 rings (SSSR count). The number of rotatable bonds is 7. The average molecular weight is 474 g/mol. The number of ether oxygens (including phenoxy) is 1. The molecule has 0 bridgehead atoms. The smallest absolute Gasteiger partial charge is 0.229 e. The molecule has 0 atom stereocenters. The predicted octanol–water partition coefficient (Wildman–Crippen LogP) is 5.24. The Labute approximate surface area is 203 Å². The first-order valence-electron chi connectivity index (χ1n) is 11.0. The average Bonchev–Trinajstić information content (AvgIpc) is 2.87. The highest BCUT2D eigenvalue weighted by atomic mass is 35.5. The van der Waals surface area contributed by atoms with Crippen molar-refractivity contribution in [2.45, 2.75) is 13.3 Å². The number of hydrogen-bond acceptors (Lipinski definition) is 7. The van der Waals surface area contributed by atoms with E-state index in [-0.39, 0.29) is 5.78 Å². The van der Waals surface area contributed by atoms with Gasteiger partial charge in [-0.2, -0.15) is 10.2 Å². The summed E-state index contributed by atoms with van der Waals surface area (Å²) in [6.45, 7) is 4.50. The van der Waals surface area contributed by atoms with Gasteiger partial charge in [-0.25, -0.2) is 4.98 Å². The number of anilines is 3. The second-order valence-corrected chi connectivity index (χ2v) is 8.21. The summed E-state index contributed by atoms with van der Waals surface area (Å²) in [6, 6.07) is 15.1. The molecular weight excluding hydrogens is 450 g/mol. The van der Waals surface area contributed by atoms with Crippen LogP contribution in [0.1, 0.15) is 24.5 Å². The molecule has 2 aromatic carbocycles. The minimum absolute atomic E-state index is 0.0822. The van der Waals surface area contributed by atoms with Crippen LogP contribution in [0.4, 0.5) is 17.5 Å². The van der Waals surface area contributed by atoms with Gasteiger partial charge in [-0.1, -0.05) is 42.8 Å². The second-order valence-electron chi connectivity index (χ2n) is 7.77. The lowest BCUT2D eigenvalue weighted by Crippen LogP contribution is -2.37. The normalized spacial score (nSPS) is 13.6. The predicted molar refractivity (Wildman–Crippen MR) is 134 cm³/mol. The summed E-state index contributed by atoms with van der Waals surface area (Å²) in [5.41, 5.74) is 3.85. The van der Waals surface area contributed by atoms with Gasteiger partial charge < -0.3 is 15.0 Å². The summed E-state index contributed by atoms with van der Waals surface area (Å²) in [7, 11) is 0. The topological polar surface area (TPSA) is 91.1 Å². The highest BCUT2D eigenvalue weighted by Crippen LogP contribution is 2.32. The molecular formula is C26H24ClN5O2. The van der Waals surface area contributed by atoms with Crippen molar-refractivity contribution in [3.05, 3.63) is 70.9 Å². The van der Waals surface area contributed by atoms with Crippen molar-refractivity contribution in [1.29, 1.82) is 5.26 Å². The number of ketones is 1. The molecule has 1 aliphatic heterocycles. The number of halogens is 1. The number of carbonyl (C=O) groups excluding carboxylic acids is 1. The van der Waals surface area contributed by atoms with Gasteiger partial charge in [0.1, 0.15) is 5.82 Å². The maximum atomic E-state index is 11.7. The SMILES string of the molecule is CCC(=O)/C=C/c1cccc(-c2cnc(Nc3cc(Cl)cc(C#N)c3)nc2N2CCOCC2)c1. The van der Waals surface area contributed by atoms with Crippen molar-refractivity contribution < 1.29 is 9.53 Å². The molecule has 0 aliphatic carbocycles. The third-order valence-electron chi connectivity index (χ3n) is 5.37. The van der Waals surface area contributed by atoms with Crippen LogP contribution in [0.25, 0.3) is 17.2 Å². The molecule has 0 saturated carbocycles. The minimum atomic E-state index is 0.0822. The van der Waals surface area contributed by atoms with Gasteiger partial charge in [0.25, 0.3) is 0 Å². The van der Waals surface area contributed by atoms with E-state index in [9.17, 15) is 10.1 Å². The summed E-state index contributed by atoms with van der Waals surface area (Å²) < 4.78 is 5.53. The van der Waals surface area contributed by atoms with Crippen molar-refractivity contribution in [2.75, 3.05) is 36.5 Å². The van der Waals surface area contributed by atoms with Crippen molar-refractivity contribution in [3.63, 3.8) is 0 Å². The lowest BCUT2D eigenvalue weighted by molar-refractivity contribution is -0.114. The number of nitrogens with one attached hydrogen (secondary N) is 1. The molecule has 3 aromatic rings. The highest BCUT2D eigenvalue weighted by Gasteiger charge is 2.19. The van der Waals surface area contributed by atoms with Crippen LogP contribution in [0.5, 0.6) is 0 Å². The molecule has 7 nitrogen and oxygen atoms in total. The molecule has 1 fully saturated rings. The van der Waals surface area contributed by atoms with Crippen molar-refractivity contribution in [3.8, 4) is 17.2 Å². The fraction of sp³-hybridized carbons (Fsp3) is 0.231. The number of morpholine rings is 1. The summed E-state index contributed by atoms with van der Waals surface area (Å²) in [6.07, 6.45) is 5.69. The van der Waals surface area contributed by atoms with Crippen LogP contribution in [-0.4, -0.2) is 42.1 Å². The van der Waals surface area contributed by atoms with Crippen LogP contribution < -0.4 is 10.2 Å². The zero-order chi connectivity index (χ0) is 23.9. The fourth-order valence-electron chi connectivity index (χ4n) is 3.63. The zero-order valence-corrected chi connectivity index (χ0v) is 19.5. The van der Waals surface area contributed by atoms with E-state index in [1.54, 1.807) is 30.5 Å². The molecule has 1 aliphatic rings. The molecule has 2 heterocycles. The number of carbonyl (C=O) groups is 1. The molecule has 0 spiro atoms. The highest BCUT2D eigenvalue weighted by molar-refractivity contribution is 6.31. The Morgan fingerprint density at radius 3 is 2.85 bits per heavy atom. The van der Waals surface area contributed by atoms with E-state index in [0.29, 0.717) is 54.9 Å². The van der Waals surface area contributed by atoms with E-state index in [1.165, 1.54) is 0 Å². The Morgan fingerprint density at radius 1 is 1.26 bits per heavy atom.